The van der Waals surface area contributed by atoms with Gasteiger partial charge >= 0.3 is 6.18 Å². The Morgan fingerprint density at radius 1 is 1.05 bits per heavy atom. The van der Waals surface area contributed by atoms with Crippen molar-refractivity contribution in [3.05, 3.63) is 36.2 Å². The minimum Gasteiger partial charge on any atom is -0.396 e. The van der Waals surface area contributed by atoms with Gasteiger partial charge in [0.25, 0.3) is 0 Å². The summed E-state index contributed by atoms with van der Waals surface area (Å²) in [6, 6.07) is 4.62. The monoisotopic (exact) mass is 515 g/mol. The molecule has 2 fully saturated rings. The molecule has 8 nitrogen and oxygen atoms in total. The molecule has 5 heterocycles. The van der Waals surface area contributed by atoms with Crippen LogP contribution in [0.4, 0.5) is 30.4 Å². The molecule has 4 N–H and O–H groups in total. The third kappa shape index (κ3) is 5.42. The van der Waals surface area contributed by atoms with Crippen LogP contribution in [0.2, 0.25) is 0 Å². The molecule has 5 rings (SSSR count). The van der Waals surface area contributed by atoms with Gasteiger partial charge in [-0.25, -0.2) is 9.97 Å². The van der Waals surface area contributed by atoms with E-state index in [2.05, 4.69) is 19.8 Å². The van der Waals surface area contributed by atoms with E-state index in [4.69, 9.17) is 21.2 Å². The largest absolute Gasteiger partial charge is 0.419 e. The fourth-order valence-electron chi connectivity index (χ4n) is 5.41. The number of hydrogen-bond acceptors (Lipinski definition) is 8. The molecule has 0 bridgehead atoms. The molecule has 0 amide bonds. The lowest BCUT2D eigenvalue weighted by atomic mass is 9.97. The highest BCUT2D eigenvalue weighted by Gasteiger charge is 2.34. The van der Waals surface area contributed by atoms with Crippen LogP contribution in [0.25, 0.3) is 22.3 Å². The Hall–Kier alpha value is -3.18. The summed E-state index contributed by atoms with van der Waals surface area (Å²) in [6.07, 6.45) is 2.53. The first-order chi connectivity index (χ1) is 17.7. The molecule has 198 valence electrons. The molecule has 0 aromatic carbocycles. The van der Waals surface area contributed by atoms with Gasteiger partial charge in [-0.1, -0.05) is 0 Å². The van der Waals surface area contributed by atoms with Crippen LogP contribution in [0.5, 0.6) is 0 Å². The quantitative estimate of drug-likeness (QED) is 0.521. The maximum Gasteiger partial charge on any atom is 0.419 e. The van der Waals surface area contributed by atoms with Crippen LogP contribution >= 0.6 is 0 Å². The standard InChI is InChI=1S/C26H32F3N7O/c1-35(18-4-8-36(9-5-18)15-16-6-10-37-11-7-16)24-20(30)14-32-22-3-2-21(34-23(22)24)17-12-19(26(27,28)29)25(31)33-13-17/h2-3,12-14,16,18H,4-11,15,30H2,1H3,(H2,31,33). The summed E-state index contributed by atoms with van der Waals surface area (Å²) in [7, 11) is 2.00. The van der Waals surface area contributed by atoms with Crippen LogP contribution in [0, 0.1) is 5.92 Å². The number of hydrogen-bond donors (Lipinski definition) is 2. The van der Waals surface area contributed by atoms with E-state index >= 15 is 0 Å². The number of nitrogen functional groups attached to an aromatic ring is 2. The molecular weight excluding hydrogens is 483 g/mol. The van der Waals surface area contributed by atoms with Gasteiger partial charge in [0.2, 0.25) is 0 Å². The number of rotatable bonds is 5. The number of ether oxygens (including phenoxy) is 1. The van der Waals surface area contributed by atoms with Crippen molar-refractivity contribution >= 4 is 28.2 Å². The fraction of sp³-hybridized carbons (Fsp3) is 0.500. The van der Waals surface area contributed by atoms with Crippen molar-refractivity contribution in [2.75, 3.05) is 56.3 Å². The van der Waals surface area contributed by atoms with Gasteiger partial charge in [0.15, 0.2) is 0 Å². The maximum absolute atomic E-state index is 13.4. The Morgan fingerprint density at radius 3 is 2.49 bits per heavy atom. The molecule has 3 aromatic rings. The van der Waals surface area contributed by atoms with E-state index in [1.165, 1.54) is 6.20 Å². The topological polar surface area (TPSA) is 106 Å². The lowest BCUT2D eigenvalue weighted by Crippen LogP contribution is -2.45. The summed E-state index contributed by atoms with van der Waals surface area (Å²) >= 11 is 0. The number of alkyl halides is 3. The van der Waals surface area contributed by atoms with Gasteiger partial charge in [0.05, 0.1) is 34.3 Å². The zero-order chi connectivity index (χ0) is 26.2. The van der Waals surface area contributed by atoms with E-state index in [1.54, 1.807) is 18.3 Å². The SMILES string of the molecule is CN(c1c(N)cnc2ccc(-c3cnc(N)c(C(F)(F)F)c3)nc12)C1CCN(CC2CCOCC2)CC1. The average Bonchev–Trinajstić information content (AvgIpc) is 2.88. The summed E-state index contributed by atoms with van der Waals surface area (Å²) in [5.41, 5.74) is 13.9. The molecule has 0 atom stereocenters. The van der Waals surface area contributed by atoms with Crippen LogP contribution in [-0.2, 0) is 10.9 Å². The van der Waals surface area contributed by atoms with Gasteiger partial charge in [0, 0.05) is 57.7 Å². The maximum atomic E-state index is 13.4. The number of nitrogens with zero attached hydrogens (tertiary/aromatic N) is 5. The van der Waals surface area contributed by atoms with E-state index in [0.29, 0.717) is 28.3 Å². The molecule has 0 radical (unpaired) electrons. The highest BCUT2D eigenvalue weighted by atomic mass is 19.4. The summed E-state index contributed by atoms with van der Waals surface area (Å²) in [6.45, 7) is 4.84. The Morgan fingerprint density at radius 2 is 1.78 bits per heavy atom. The van der Waals surface area contributed by atoms with Crippen LogP contribution in [0.15, 0.2) is 30.6 Å². The second-order valence-electron chi connectivity index (χ2n) is 9.98. The van der Waals surface area contributed by atoms with E-state index in [0.717, 1.165) is 70.3 Å². The van der Waals surface area contributed by atoms with Gasteiger partial charge in [-0.15, -0.1) is 0 Å². The Kier molecular flexibility index (Phi) is 7.09. The molecule has 37 heavy (non-hydrogen) atoms. The average molecular weight is 516 g/mol. The third-order valence-electron chi connectivity index (χ3n) is 7.55. The van der Waals surface area contributed by atoms with Gasteiger partial charge in [0.1, 0.15) is 11.3 Å². The first-order valence-corrected chi connectivity index (χ1v) is 12.6. The molecule has 0 spiro atoms. The molecule has 2 aliphatic heterocycles. The van der Waals surface area contributed by atoms with Crippen LogP contribution in [0.1, 0.15) is 31.2 Å². The number of pyridine rings is 3. The number of aromatic nitrogens is 3. The minimum absolute atomic E-state index is 0.223. The van der Waals surface area contributed by atoms with Crippen molar-refractivity contribution in [2.24, 2.45) is 5.92 Å². The number of nitrogens with two attached hydrogens (primary N) is 2. The molecule has 2 saturated heterocycles. The lowest BCUT2D eigenvalue weighted by molar-refractivity contribution is -0.137. The minimum atomic E-state index is -4.61. The van der Waals surface area contributed by atoms with Gasteiger partial charge in [-0.2, -0.15) is 13.2 Å². The van der Waals surface area contributed by atoms with E-state index in [9.17, 15) is 13.2 Å². The second kappa shape index (κ2) is 10.3. The highest BCUT2D eigenvalue weighted by molar-refractivity contribution is 5.95. The smallest absolute Gasteiger partial charge is 0.396 e. The van der Waals surface area contributed by atoms with Gasteiger partial charge in [-0.05, 0) is 49.8 Å². The number of anilines is 3. The summed E-state index contributed by atoms with van der Waals surface area (Å²) in [5.74, 6) is 0.137. The van der Waals surface area contributed by atoms with Crippen molar-refractivity contribution in [1.82, 2.24) is 19.9 Å². The molecule has 2 aliphatic rings. The van der Waals surface area contributed by atoms with Gasteiger partial charge in [-0.3, -0.25) is 4.98 Å². The van der Waals surface area contributed by atoms with Crippen molar-refractivity contribution in [1.29, 1.82) is 0 Å². The highest BCUT2D eigenvalue weighted by Crippen LogP contribution is 2.37. The van der Waals surface area contributed by atoms with E-state index in [-0.39, 0.29) is 11.6 Å². The first-order valence-electron chi connectivity index (χ1n) is 12.6. The molecule has 0 aliphatic carbocycles. The number of likely N-dealkylation sites (tertiary alicyclic amines) is 1. The van der Waals surface area contributed by atoms with Crippen molar-refractivity contribution in [3.8, 4) is 11.3 Å². The molecule has 11 heteroatoms. The molecular formula is C26H32F3N7O. The van der Waals surface area contributed by atoms with Crippen molar-refractivity contribution < 1.29 is 17.9 Å². The zero-order valence-electron chi connectivity index (χ0n) is 20.8. The van der Waals surface area contributed by atoms with Crippen LogP contribution in [0.3, 0.4) is 0 Å². The summed E-state index contributed by atoms with van der Waals surface area (Å²) in [4.78, 5) is 17.6. The predicted molar refractivity (Wildman–Crippen MR) is 138 cm³/mol. The Labute approximate surface area is 213 Å². The second-order valence-corrected chi connectivity index (χ2v) is 9.98. The zero-order valence-corrected chi connectivity index (χ0v) is 20.8. The van der Waals surface area contributed by atoms with Crippen molar-refractivity contribution in [3.63, 3.8) is 0 Å². The van der Waals surface area contributed by atoms with E-state index in [1.807, 2.05) is 7.05 Å². The molecule has 0 saturated carbocycles. The predicted octanol–water partition coefficient (Wildman–Crippen LogP) is 4.20. The fourth-order valence-corrected chi connectivity index (χ4v) is 5.41. The lowest BCUT2D eigenvalue weighted by Gasteiger charge is -2.39. The first kappa shape index (κ1) is 25.5. The van der Waals surface area contributed by atoms with Crippen LogP contribution in [-0.4, -0.2) is 65.8 Å². The Bertz CT molecular complexity index is 1250. The normalized spacial score (nSPS) is 18.4. The molecule has 3 aromatic heterocycles. The summed E-state index contributed by atoms with van der Waals surface area (Å²) in [5, 5.41) is 0. The third-order valence-corrected chi connectivity index (χ3v) is 7.55. The number of fused-ring (bicyclic) bond motifs is 1. The van der Waals surface area contributed by atoms with E-state index < -0.39 is 17.6 Å². The van der Waals surface area contributed by atoms with Crippen LogP contribution < -0.4 is 16.4 Å². The van der Waals surface area contributed by atoms with Crippen molar-refractivity contribution in [2.45, 2.75) is 37.9 Å². The Balaban J connectivity index is 1.39. The van der Waals surface area contributed by atoms with Gasteiger partial charge < -0.3 is 26.0 Å². The number of piperidine rings is 1. The molecule has 0 unspecified atom stereocenters. The summed E-state index contributed by atoms with van der Waals surface area (Å²) < 4.78 is 45.7. The number of halogens is 3.